The maximum Gasteiger partial charge on any atom is 0.310 e. The van der Waals surface area contributed by atoms with E-state index in [1.807, 2.05) is 0 Å². The summed E-state index contributed by atoms with van der Waals surface area (Å²) in [4.78, 5) is 32.8. The fraction of sp³-hybridized carbons (Fsp3) is 0.231. The van der Waals surface area contributed by atoms with E-state index in [2.05, 4.69) is 5.32 Å². The molecule has 21 heavy (non-hydrogen) atoms. The highest BCUT2D eigenvalue weighted by atomic mass is 35.5. The van der Waals surface area contributed by atoms with Crippen LogP contribution in [-0.2, 0) is 4.79 Å². The second-order valence-corrected chi connectivity index (χ2v) is 4.97. The molecule has 0 aliphatic heterocycles. The summed E-state index contributed by atoms with van der Waals surface area (Å²) in [5, 5.41) is 22.1. The Morgan fingerprint density at radius 3 is 2.62 bits per heavy atom. The number of aliphatic carboxylic acids is 1. The van der Waals surface area contributed by atoms with Crippen molar-refractivity contribution in [2.45, 2.75) is 12.5 Å². The van der Waals surface area contributed by atoms with E-state index in [-0.39, 0.29) is 22.7 Å². The molecular formula is C13H11ClN2O5. The van der Waals surface area contributed by atoms with Gasteiger partial charge >= 0.3 is 5.97 Å². The zero-order valence-corrected chi connectivity index (χ0v) is 11.4. The number of carboxylic acid groups (broad SMARTS) is 1. The summed E-state index contributed by atoms with van der Waals surface area (Å²) in [5.74, 6) is -2.07. The zero-order valence-electron chi connectivity index (χ0n) is 10.7. The van der Waals surface area contributed by atoms with E-state index in [1.54, 1.807) is 6.08 Å². The minimum Gasteiger partial charge on any atom is -0.481 e. The minimum atomic E-state index is -0.948. The number of carboxylic acids is 1. The second kappa shape index (κ2) is 5.92. The smallest absolute Gasteiger partial charge is 0.310 e. The molecule has 8 heteroatoms. The van der Waals surface area contributed by atoms with Gasteiger partial charge in [-0.3, -0.25) is 19.7 Å². The van der Waals surface area contributed by atoms with Crippen LogP contribution in [0.2, 0.25) is 5.02 Å². The van der Waals surface area contributed by atoms with Gasteiger partial charge < -0.3 is 10.4 Å². The van der Waals surface area contributed by atoms with Crippen LogP contribution < -0.4 is 5.32 Å². The van der Waals surface area contributed by atoms with Crippen LogP contribution in [0.5, 0.6) is 0 Å². The van der Waals surface area contributed by atoms with E-state index in [4.69, 9.17) is 16.7 Å². The number of amides is 1. The number of nitrogens with one attached hydrogen (secondary N) is 1. The molecule has 1 aliphatic carbocycles. The Balaban J connectivity index is 2.06. The summed E-state index contributed by atoms with van der Waals surface area (Å²) < 4.78 is 0. The van der Waals surface area contributed by atoms with Crippen LogP contribution in [0.15, 0.2) is 30.4 Å². The van der Waals surface area contributed by atoms with E-state index >= 15 is 0 Å². The molecule has 0 fully saturated rings. The molecule has 2 unspecified atom stereocenters. The summed E-state index contributed by atoms with van der Waals surface area (Å²) in [6, 6.07) is 3.15. The fourth-order valence-electron chi connectivity index (χ4n) is 2.04. The second-order valence-electron chi connectivity index (χ2n) is 4.57. The number of nitro groups is 1. The standard InChI is InChI=1S/C13H11ClN2O5/c14-11-6-9(16(20)21)3-4-10(11)12(17)15-8-2-1-7(5-8)13(18)19/h1-4,6-8H,5H2,(H,15,17)(H,18,19). The highest BCUT2D eigenvalue weighted by Gasteiger charge is 2.26. The number of benzene rings is 1. The first kappa shape index (κ1) is 15.0. The molecule has 0 heterocycles. The van der Waals surface area contributed by atoms with Crippen molar-refractivity contribution >= 4 is 29.2 Å². The van der Waals surface area contributed by atoms with Crippen LogP contribution in [0.4, 0.5) is 5.69 Å². The van der Waals surface area contributed by atoms with Crippen molar-refractivity contribution in [1.29, 1.82) is 0 Å². The third-order valence-corrected chi connectivity index (χ3v) is 3.44. The summed E-state index contributed by atoms with van der Waals surface area (Å²) in [7, 11) is 0. The molecule has 1 aliphatic rings. The zero-order chi connectivity index (χ0) is 15.6. The molecular weight excluding hydrogens is 300 g/mol. The highest BCUT2D eigenvalue weighted by Crippen LogP contribution is 2.23. The van der Waals surface area contributed by atoms with Crippen LogP contribution in [0.25, 0.3) is 0 Å². The van der Waals surface area contributed by atoms with Gasteiger partial charge in [-0.2, -0.15) is 0 Å². The van der Waals surface area contributed by atoms with E-state index < -0.39 is 28.8 Å². The molecule has 0 saturated heterocycles. The number of hydrogen-bond donors (Lipinski definition) is 2. The van der Waals surface area contributed by atoms with Gasteiger partial charge in [-0.15, -0.1) is 0 Å². The number of carbonyl (C=O) groups excluding carboxylic acids is 1. The normalized spacial score (nSPS) is 20.2. The Kier molecular flexibility index (Phi) is 4.23. The van der Waals surface area contributed by atoms with E-state index in [9.17, 15) is 19.7 Å². The van der Waals surface area contributed by atoms with Crippen molar-refractivity contribution in [3.8, 4) is 0 Å². The molecule has 1 aromatic carbocycles. The summed E-state index contributed by atoms with van der Waals surface area (Å²) >= 11 is 5.86. The van der Waals surface area contributed by atoms with Crippen LogP contribution in [-0.4, -0.2) is 27.9 Å². The fourth-order valence-corrected chi connectivity index (χ4v) is 2.30. The van der Waals surface area contributed by atoms with Crippen LogP contribution in [0.3, 0.4) is 0 Å². The lowest BCUT2D eigenvalue weighted by Gasteiger charge is -2.12. The Hall–Kier alpha value is -2.41. The van der Waals surface area contributed by atoms with Crippen molar-refractivity contribution in [2.24, 2.45) is 5.92 Å². The van der Waals surface area contributed by atoms with Crippen molar-refractivity contribution < 1.29 is 19.6 Å². The number of rotatable bonds is 4. The maximum atomic E-state index is 12.0. The first-order valence-corrected chi connectivity index (χ1v) is 6.42. The van der Waals surface area contributed by atoms with Gasteiger partial charge in [-0.25, -0.2) is 0 Å². The van der Waals surface area contributed by atoms with Gasteiger partial charge in [0.15, 0.2) is 0 Å². The van der Waals surface area contributed by atoms with Gasteiger partial charge in [0.05, 0.1) is 21.4 Å². The molecule has 1 aromatic rings. The predicted molar refractivity (Wildman–Crippen MR) is 74.2 cm³/mol. The number of nitrogens with zero attached hydrogens (tertiary/aromatic N) is 1. The number of halogens is 1. The predicted octanol–water partition coefficient (Wildman–Crippen LogP) is 2.01. The molecule has 2 atom stereocenters. The monoisotopic (exact) mass is 310 g/mol. The van der Waals surface area contributed by atoms with Crippen LogP contribution in [0, 0.1) is 16.0 Å². The van der Waals surface area contributed by atoms with Gasteiger partial charge in [0.25, 0.3) is 11.6 Å². The minimum absolute atomic E-state index is 0.0292. The topological polar surface area (TPSA) is 110 Å². The molecule has 2 N–H and O–H groups in total. The molecule has 110 valence electrons. The SMILES string of the molecule is O=C(NC1C=CC(C(=O)O)C1)c1ccc([N+](=O)[O-])cc1Cl. The lowest BCUT2D eigenvalue weighted by molar-refractivity contribution is -0.384. The number of nitro benzene ring substituents is 1. The molecule has 0 saturated carbocycles. The van der Waals surface area contributed by atoms with E-state index in [0.717, 1.165) is 6.07 Å². The number of hydrogen-bond acceptors (Lipinski definition) is 4. The molecule has 2 rings (SSSR count). The Morgan fingerprint density at radius 1 is 1.38 bits per heavy atom. The Bertz CT molecular complexity index is 643. The van der Waals surface area contributed by atoms with Gasteiger partial charge in [0.1, 0.15) is 0 Å². The molecule has 7 nitrogen and oxygen atoms in total. The number of non-ortho nitro benzene ring substituents is 1. The van der Waals surface area contributed by atoms with Crippen molar-refractivity contribution in [2.75, 3.05) is 0 Å². The largest absolute Gasteiger partial charge is 0.481 e. The quantitative estimate of drug-likeness (QED) is 0.502. The average molecular weight is 311 g/mol. The summed E-state index contributed by atoms with van der Waals surface area (Å²) in [6.45, 7) is 0. The summed E-state index contributed by atoms with van der Waals surface area (Å²) in [5.41, 5.74) is -0.0994. The van der Waals surface area contributed by atoms with Crippen molar-refractivity contribution in [3.05, 3.63) is 51.1 Å². The van der Waals surface area contributed by atoms with Crippen molar-refractivity contribution in [1.82, 2.24) is 5.32 Å². The Labute approximate surface area is 124 Å². The van der Waals surface area contributed by atoms with E-state index in [1.165, 1.54) is 18.2 Å². The van der Waals surface area contributed by atoms with Gasteiger partial charge in [-0.05, 0) is 12.5 Å². The average Bonchev–Trinajstić information content (AvgIpc) is 2.87. The lowest BCUT2D eigenvalue weighted by Crippen LogP contribution is -2.33. The Morgan fingerprint density at radius 2 is 2.10 bits per heavy atom. The number of carbonyl (C=O) groups is 2. The lowest BCUT2D eigenvalue weighted by atomic mass is 10.1. The third kappa shape index (κ3) is 3.38. The first-order chi connectivity index (χ1) is 9.88. The van der Waals surface area contributed by atoms with Gasteiger partial charge in [-0.1, -0.05) is 23.8 Å². The molecule has 0 radical (unpaired) electrons. The van der Waals surface area contributed by atoms with Crippen molar-refractivity contribution in [3.63, 3.8) is 0 Å². The van der Waals surface area contributed by atoms with Gasteiger partial charge in [0, 0.05) is 18.2 Å². The third-order valence-electron chi connectivity index (χ3n) is 3.13. The molecule has 1 amide bonds. The maximum absolute atomic E-state index is 12.0. The highest BCUT2D eigenvalue weighted by molar-refractivity contribution is 6.34. The van der Waals surface area contributed by atoms with Crippen LogP contribution >= 0.6 is 11.6 Å². The van der Waals surface area contributed by atoms with Crippen LogP contribution in [0.1, 0.15) is 16.8 Å². The first-order valence-electron chi connectivity index (χ1n) is 6.04. The molecule has 0 spiro atoms. The van der Waals surface area contributed by atoms with E-state index in [0.29, 0.717) is 0 Å². The van der Waals surface area contributed by atoms with Gasteiger partial charge in [0.2, 0.25) is 0 Å². The summed E-state index contributed by atoms with van der Waals surface area (Å²) in [6.07, 6.45) is 3.40. The molecule has 0 aromatic heterocycles. The molecule has 0 bridgehead atoms.